The van der Waals surface area contributed by atoms with E-state index in [4.69, 9.17) is 18.9 Å². The number of halogens is 1. The minimum Gasteiger partial charge on any atom is -0.496 e. The molecule has 3 aliphatic heterocycles. The number of nitrogens with one attached hydrogen (secondary N) is 1. The second kappa shape index (κ2) is 12.4. The number of aromatic nitrogens is 2. The van der Waals surface area contributed by atoms with Gasteiger partial charge < -0.3 is 24.3 Å². The van der Waals surface area contributed by atoms with Crippen molar-refractivity contribution in [1.29, 1.82) is 5.26 Å². The van der Waals surface area contributed by atoms with E-state index in [2.05, 4.69) is 26.3 Å². The number of nitriles is 1. The largest absolute Gasteiger partial charge is 0.496 e. The van der Waals surface area contributed by atoms with Gasteiger partial charge in [0.15, 0.2) is 5.82 Å². The number of ether oxygens (including phenoxy) is 4. The number of methoxy groups -OCH3 is 1. The molecule has 3 saturated heterocycles. The Morgan fingerprint density at radius 2 is 1.83 bits per heavy atom. The number of hydrogen-bond donors (Lipinski definition) is 1. The van der Waals surface area contributed by atoms with Crippen LogP contribution in [0.2, 0.25) is 0 Å². The van der Waals surface area contributed by atoms with Crippen LogP contribution in [0.4, 0.5) is 15.9 Å². The fourth-order valence-electron chi connectivity index (χ4n) is 5.77. The van der Waals surface area contributed by atoms with E-state index >= 15 is 4.39 Å². The van der Waals surface area contributed by atoms with E-state index in [-0.39, 0.29) is 17.8 Å². The summed E-state index contributed by atoms with van der Waals surface area (Å²) < 4.78 is 38.0. The van der Waals surface area contributed by atoms with Crippen molar-refractivity contribution >= 4 is 11.5 Å². The van der Waals surface area contributed by atoms with Crippen molar-refractivity contribution < 1.29 is 23.3 Å². The zero-order valence-electron chi connectivity index (χ0n) is 23.1. The molecule has 3 aliphatic rings. The maximum atomic E-state index is 15.5. The summed E-state index contributed by atoms with van der Waals surface area (Å²) in [7, 11) is 1.58. The number of benzene rings is 2. The van der Waals surface area contributed by atoms with Gasteiger partial charge >= 0.3 is 0 Å². The summed E-state index contributed by atoms with van der Waals surface area (Å²) in [5, 5.41) is 12.9. The van der Waals surface area contributed by atoms with Gasteiger partial charge in [-0.2, -0.15) is 5.26 Å². The molecule has 0 spiro atoms. The van der Waals surface area contributed by atoms with E-state index in [1.165, 1.54) is 6.07 Å². The monoisotopic (exact) mass is 559 g/mol. The van der Waals surface area contributed by atoms with Gasteiger partial charge in [-0.1, -0.05) is 0 Å². The molecule has 6 rings (SSSR count). The van der Waals surface area contributed by atoms with Gasteiger partial charge in [0.25, 0.3) is 0 Å². The third kappa shape index (κ3) is 6.12. The van der Waals surface area contributed by atoms with Crippen LogP contribution in [0.1, 0.15) is 42.7 Å². The first kappa shape index (κ1) is 27.4. The topological polar surface area (TPSA) is 102 Å². The number of piperidine rings is 1. The zero-order chi connectivity index (χ0) is 28.2. The Balaban J connectivity index is 1.17. The molecule has 0 bridgehead atoms. The van der Waals surface area contributed by atoms with Crippen LogP contribution in [0.5, 0.6) is 11.5 Å². The molecule has 214 valence electrons. The molecule has 1 N–H and O–H groups in total. The van der Waals surface area contributed by atoms with Crippen LogP contribution in [0.15, 0.2) is 42.6 Å². The van der Waals surface area contributed by atoms with Crippen molar-refractivity contribution in [2.24, 2.45) is 0 Å². The molecule has 4 heterocycles. The lowest BCUT2D eigenvalue weighted by Crippen LogP contribution is -2.51. The van der Waals surface area contributed by atoms with Gasteiger partial charge in [-0.05, 0) is 62.2 Å². The van der Waals surface area contributed by atoms with Crippen molar-refractivity contribution in [1.82, 2.24) is 14.9 Å². The fourth-order valence-corrected chi connectivity index (χ4v) is 5.77. The Morgan fingerprint density at radius 1 is 1.02 bits per heavy atom. The highest BCUT2D eigenvalue weighted by molar-refractivity contribution is 5.65. The van der Waals surface area contributed by atoms with Crippen molar-refractivity contribution in [3.8, 4) is 29.0 Å². The SMILES string of the molecule is COc1cc(Nc2ccnc(-c3ccc(OC4CCOCC4)c(C#N)c3)n2)cc(F)c1C1CCN(C2COC2)CC1. The minimum atomic E-state index is -0.287. The van der Waals surface area contributed by atoms with Crippen LogP contribution in [0.3, 0.4) is 0 Å². The number of nitrogens with zero attached hydrogens (tertiary/aromatic N) is 4. The van der Waals surface area contributed by atoms with Gasteiger partial charge in [0.2, 0.25) is 0 Å². The van der Waals surface area contributed by atoms with Crippen LogP contribution in [-0.4, -0.2) is 73.6 Å². The van der Waals surface area contributed by atoms with Crippen LogP contribution < -0.4 is 14.8 Å². The van der Waals surface area contributed by atoms with E-state index in [1.807, 2.05) is 12.1 Å². The predicted octanol–water partition coefficient (Wildman–Crippen LogP) is 5.04. The predicted molar refractivity (Wildman–Crippen MR) is 151 cm³/mol. The van der Waals surface area contributed by atoms with E-state index in [0.29, 0.717) is 64.8 Å². The molecule has 3 aromatic rings. The van der Waals surface area contributed by atoms with Gasteiger partial charge in [-0.15, -0.1) is 0 Å². The van der Waals surface area contributed by atoms with Crippen LogP contribution in [0, 0.1) is 17.1 Å². The standard InChI is InChI=1S/C31H34FN5O4/c1-38-28-16-23(15-26(32)30(28)20-5-10-37(11-6-20)24-18-40-19-24)35-29-4-9-34-31(36-29)21-2-3-27(22(14-21)17-33)41-25-7-12-39-13-8-25/h2-4,9,14-16,20,24-25H,5-8,10-13,18-19H2,1H3,(H,34,35,36). The molecule has 1 aromatic heterocycles. The molecule has 0 amide bonds. The van der Waals surface area contributed by atoms with Gasteiger partial charge in [0.05, 0.1) is 45.1 Å². The highest BCUT2D eigenvalue weighted by Crippen LogP contribution is 2.39. The summed E-state index contributed by atoms with van der Waals surface area (Å²) >= 11 is 0. The first-order valence-electron chi connectivity index (χ1n) is 14.2. The first-order chi connectivity index (χ1) is 20.1. The Hall–Kier alpha value is -3.78. The molecular formula is C31H34FN5O4. The Morgan fingerprint density at radius 3 is 2.54 bits per heavy atom. The number of likely N-dealkylation sites (tertiary alicyclic amines) is 1. The maximum Gasteiger partial charge on any atom is 0.161 e. The summed E-state index contributed by atoms with van der Waals surface area (Å²) in [6.45, 7) is 4.77. The smallest absolute Gasteiger partial charge is 0.161 e. The van der Waals surface area contributed by atoms with Crippen molar-refractivity contribution in [2.45, 2.75) is 43.7 Å². The van der Waals surface area contributed by atoms with E-state index in [0.717, 1.165) is 52.0 Å². The molecule has 0 saturated carbocycles. The van der Waals surface area contributed by atoms with E-state index < -0.39 is 0 Å². The molecule has 2 aromatic carbocycles. The van der Waals surface area contributed by atoms with Crippen LogP contribution in [-0.2, 0) is 9.47 Å². The summed E-state index contributed by atoms with van der Waals surface area (Å²) in [6, 6.07) is 13.1. The van der Waals surface area contributed by atoms with E-state index in [9.17, 15) is 5.26 Å². The van der Waals surface area contributed by atoms with Crippen molar-refractivity contribution in [3.05, 3.63) is 59.5 Å². The third-order valence-corrected chi connectivity index (χ3v) is 8.13. The summed E-state index contributed by atoms with van der Waals surface area (Å²) in [6.07, 6.45) is 5.03. The lowest BCUT2D eigenvalue weighted by Gasteiger charge is -2.41. The molecule has 0 aliphatic carbocycles. The Labute approximate surface area is 239 Å². The minimum absolute atomic E-state index is 0.0319. The maximum absolute atomic E-state index is 15.5. The molecular weight excluding hydrogens is 525 g/mol. The van der Waals surface area contributed by atoms with Gasteiger partial charge in [0.1, 0.15) is 35.3 Å². The highest BCUT2D eigenvalue weighted by Gasteiger charge is 2.32. The zero-order valence-corrected chi connectivity index (χ0v) is 23.1. The second-order valence-corrected chi connectivity index (χ2v) is 10.7. The first-order valence-corrected chi connectivity index (χ1v) is 14.2. The fraction of sp³-hybridized carbons (Fsp3) is 0.452. The quantitative estimate of drug-likeness (QED) is 0.407. The molecule has 10 heteroatoms. The lowest BCUT2D eigenvalue weighted by molar-refractivity contribution is -0.0713. The summed E-state index contributed by atoms with van der Waals surface area (Å²) in [5.41, 5.74) is 2.28. The molecule has 0 atom stereocenters. The molecule has 3 fully saturated rings. The Kier molecular flexibility index (Phi) is 8.28. The second-order valence-electron chi connectivity index (χ2n) is 10.7. The van der Waals surface area contributed by atoms with Crippen LogP contribution >= 0.6 is 0 Å². The average molecular weight is 560 g/mol. The molecule has 0 radical (unpaired) electrons. The number of anilines is 2. The lowest BCUT2D eigenvalue weighted by atomic mass is 9.87. The normalized spacial score (nSPS) is 18.9. The van der Waals surface area contributed by atoms with Gasteiger partial charge in [0, 0.05) is 41.9 Å². The van der Waals surface area contributed by atoms with Crippen LogP contribution in [0.25, 0.3) is 11.4 Å². The average Bonchev–Trinajstić information content (AvgIpc) is 2.97. The van der Waals surface area contributed by atoms with Crippen molar-refractivity contribution in [3.63, 3.8) is 0 Å². The molecule has 41 heavy (non-hydrogen) atoms. The molecule has 0 unspecified atom stereocenters. The highest BCUT2D eigenvalue weighted by atomic mass is 19.1. The third-order valence-electron chi connectivity index (χ3n) is 8.13. The van der Waals surface area contributed by atoms with Gasteiger partial charge in [-0.3, -0.25) is 4.90 Å². The van der Waals surface area contributed by atoms with Gasteiger partial charge in [-0.25, -0.2) is 14.4 Å². The van der Waals surface area contributed by atoms with E-state index in [1.54, 1.807) is 31.5 Å². The molecule has 9 nitrogen and oxygen atoms in total. The summed E-state index contributed by atoms with van der Waals surface area (Å²) in [4.78, 5) is 11.5. The summed E-state index contributed by atoms with van der Waals surface area (Å²) in [5.74, 6) is 1.84. The number of rotatable bonds is 8. The Bertz CT molecular complexity index is 1410. The van der Waals surface area contributed by atoms with Crippen molar-refractivity contribution in [2.75, 3.05) is 51.9 Å². The number of hydrogen-bond acceptors (Lipinski definition) is 9.